The molecule has 1 aliphatic rings. The highest BCUT2D eigenvalue weighted by molar-refractivity contribution is 6.35. The van der Waals surface area contributed by atoms with Gasteiger partial charge in [-0.25, -0.2) is 0 Å². The molecule has 1 aliphatic heterocycles. The molecule has 0 unspecified atom stereocenters. The smallest absolute Gasteiger partial charge is 0.237 e. The molecule has 1 amide bonds. The molecule has 0 aromatic heterocycles. The number of nitrogens with one attached hydrogen (secondary N) is 2. The van der Waals surface area contributed by atoms with Crippen LogP contribution in [0.2, 0.25) is 10.0 Å². The van der Waals surface area contributed by atoms with E-state index in [1.54, 1.807) is 19.2 Å². The third kappa shape index (κ3) is 4.50. The second-order valence-corrected chi connectivity index (χ2v) is 5.35. The predicted molar refractivity (Wildman–Crippen MR) is 82.8 cm³/mol. The summed E-state index contributed by atoms with van der Waals surface area (Å²) in [6.07, 6.45) is 0.798. The lowest BCUT2D eigenvalue weighted by molar-refractivity contribution is -0.123. The molecule has 0 bridgehead atoms. The van der Waals surface area contributed by atoms with E-state index in [-0.39, 0.29) is 30.5 Å². The first-order valence-corrected chi connectivity index (χ1v) is 6.83. The number of carbonyl (C=O) groups excluding carboxylic acids is 1. The van der Waals surface area contributed by atoms with Gasteiger partial charge in [-0.05, 0) is 24.1 Å². The van der Waals surface area contributed by atoms with E-state index in [0.29, 0.717) is 29.6 Å². The second kappa shape index (κ2) is 8.05. The van der Waals surface area contributed by atoms with Crippen molar-refractivity contribution in [3.05, 3.63) is 33.8 Å². The summed E-state index contributed by atoms with van der Waals surface area (Å²) in [5.41, 5.74) is 0.848. The SMILES string of the molecule is CO[C@@H]1CN[C@H](C(=O)NCc2ccc(Cl)cc2Cl)C1.Cl. The number of ether oxygens (including phenoxy) is 1. The standard InChI is InChI=1S/C13H16Cl2N2O2.ClH/c1-19-10-5-12(16-7-10)13(18)17-6-8-2-3-9(14)4-11(8)15;/h2-4,10,12,16H,5-7H2,1H3,(H,17,18);1H/t10-,12-;/m0./s1. The van der Waals surface area contributed by atoms with Crippen molar-refractivity contribution < 1.29 is 9.53 Å². The summed E-state index contributed by atoms with van der Waals surface area (Å²) in [7, 11) is 1.65. The number of halogens is 3. The van der Waals surface area contributed by atoms with Crippen LogP contribution in [-0.2, 0) is 16.1 Å². The lowest BCUT2D eigenvalue weighted by Crippen LogP contribution is -2.40. The van der Waals surface area contributed by atoms with Crippen LogP contribution in [0.1, 0.15) is 12.0 Å². The van der Waals surface area contributed by atoms with Crippen LogP contribution in [0.3, 0.4) is 0 Å². The summed E-state index contributed by atoms with van der Waals surface area (Å²) in [4.78, 5) is 12.0. The van der Waals surface area contributed by atoms with Gasteiger partial charge in [0.05, 0.1) is 12.1 Å². The predicted octanol–water partition coefficient (Wildman–Crippen LogP) is 2.41. The molecular formula is C13H17Cl3N2O2. The lowest BCUT2D eigenvalue weighted by Gasteiger charge is -2.12. The minimum absolute atomic E-state index is 0. The van der Waals surface area contributed by atoms with Crippen LogP contribution in [0.25, 0.3) is 0 Å². The molecule has 1 heterocycles. The van der Waals surface area contributed by atoms with E-state index in [9.17, 15) is 4.79 Å². The number of carbonyl (C=O) groups is 1. The Morgan fingerprint density at radius 2 is 2.25 bits per heavy atom. The molecule has 0 saturated carbocycles. The molecule has 112 valence electrons. The number of hydrogen-bond acceptors (Lipinski definition) is 3. The van der Waals surface area contributed by atoms with Crippen LogP contribution in [0.5, 0.6) is 0 Å². The summed E-state index contributed by atoms with van der Waals surface area (Å²) < 4.78 is 5.21. The van der Waals surface area contributed by atoms with E-state index in [4.69, 9.17) is 27.9 Å². The zero-order valence-corrected chi connectivity index (χ0v) is 13.3. The summed E-state index contributed by atoms with van der Waals surface area (Å²) in [6.45, 7) is 1.10. The Kier molecular flexibility index (Phi) is 7.06. The number of amides is 1. The van der Waals surface area contributed by atoms with Crippen LogP contribution in [-0.4, -0.2) is 31.7 Å². The highest BCUT2D eigenvalue weighted by Crippen LogP contribution is 2.20. The van der Waals surface area contributed by atoms with Gasteiger partial charge < -0.3 is 15.4 Å². The van der Waals surface area contributed by atoms with Crippen molar-refractivity contribution in [1.82, 2.24) is 10.6 Å². The summed E-state index contributed by atoms with van der Waals surface area (Å²) in [6, 6.07) is 5.03. The molecule has 1 aromatic carbocycles. The van der Waals surface area contributed by atoms with Gasteiger partial charge in [0.25, 0.3) is 0 Å². The third-order valence-corrected chi connectivity index (χ3v) is 3.80. The fraction of sp³-hybridized carbons (Fsp3) is 0.462. The molecule has 2 rings (SSSR count). The molecule has 2 N–H and O–H groups in total. The van der Waals surface area contributed by atoms with Crippen molar-refractivity contribution in [3.63, 3.8) is 0 Å². The Morgan fingerprint density at radius 1 is 1.50 bits per heavy atom. The fourth-order valence-electron chi connectivity index (χ4n) is 2.05. The molecule has 7 heteroatoms. The molecule has 20 heavy (non-hydrogen) atoms. The maximum atomic E-state index is 12.0. The molecule has 0 radical (unpaired) electrons. The van der Waals surface area contributed by atoms with Gasteiger partial charge in [-0.2, -0.15) is 0 Å². The van der Waals surface area contributed by atoms with E-state index in [2.05, 4.69) is 10.6 Å². The van der Waals surface area contributed by atoms with E-state index >= 15 is 0 Å². The van der Waals surface area contributed by atoms with E-state index < -0.39 is 0 Å². The largest absolute Gasteiger partial charge is 0.380 e. The van der Waals surface area contributed by atoms with Crippen LogP contribution in [0, 0.1) is 0 Å². The van der Waals surface area contributed by atoms with Gasteiger partial charge >= 0.3 is 0 Å². The van der Waals surface area contributed by atoms with Gasteiger partial charge in [-0.15, -0.1) is 12.4 Å². The number of rotatable bonds is 4. The zero-order chi connectivity index (χ0) is 13.8. The molecule has 1 fully saturated rings. The third-order valence-electron chi connectivity index (χ3n) is 3.21. The Morgan fingerprint density at radius 3 is 2.85 bits per heavy atom. The second-order valence-electron chi connectivity index (χ2n) is 4.51. The minimum atomic E-state index is -0.198. The van der Waals surface area contributed by atoms with Gasteiger partial charge in [0.1, 0.15) is 0 Å². The average molecular weight is 340 g/mol. The first kappa shape index (κ1) is 17.5. The minimum Gasteiger partial charge on any atom is -0.380 e. The number of benzene rings is 1. The van der Waals surface area contributed by atoms with Crippen LogP contribution < -0.4 is 10.6 Å². The number of hydrogen-bond donors (Lipinski definition) is 2. The summed E-state index contributed by atoms with van der Waals surface area (Å²) in [5, 5.41) is 7.13. The first-order chi connectivity index (χ1) is 9.10. The molecular weight excluding hydrogens is 323 g/mol. The molecule has 2 atom stereocenters. The van der Waals surface area contributed by atoms with Gasteiger partial charge in [0.15, 0.2) is 0 Å². The summed E-state index contributed by atoms with van der Waals surface area (Å²) >= 11 is 11.9. The quantitative estimate of drug-likeness (QED) is 0.886. The van der Waals surface area contributed by atoms with Crippen LogP contribution >= 0.6 is 35.6 Å². The van der Waals surface area contributed by atoms with Gasteiger partial charge in [0, 0.05) is 30.2 Å². The Bertz CT molecular complexity index is 471. The number of methoxy groups -OCH3 is 1. The van der Waals surface area contributed by atoms with Crippen molar-refractivity contribution in [2.24, 2.45) is 0 Å². The van der Waals surface area contributed by atoms with Crippen LogP contribution in [0.4, 0.5) is 0 Å². The molecule has 1 saturated heterocycles. The topological polar surface area (TPSA) is 50.4 Å². The highest BCUT2D eigenvalue weighted by atomic mass is 35.5. The van der Waals surface area contributed by atoms with Crippen molar-refractivity contribution in [2.45, 2.75) is 25.1 Å². The molecule has 1 aromatic rings. The van der Waals surface area contributed by atoms with Crippen molar-refractivity contribution in [3.8, 4) is 0 Å². The van der Waals surface area contributed by atoms with Crippen LogP contribution in [0.15, 0.2) is 18.2 Å². The Labute approximate surface area is 134 Å². The molecule has 0 spiro atoms. The van der Waals surface area contributed by atoms with Gasteiger partial charge in [-0.3, -0.25) is 4.79 Å². The zero-order valence-electron chi connectivity index (χ0n) is 11.0. The highest BCUT2D eigenvalue weighted by Gasteiger charge is 2.28. The molecule has 0 aliphatic carbocycles. The fourth-order valence-corrected chi connectivity index (χ4v) is 2.53. The van der Waals surface area contributed by atoms with Gasteiger partial charge in [0.2, 0.25) is 5.91 Å². The maximum Gasteiger partial charge on any atom is 0.237 e. The van der Waals surface area contributed by atoms with Crippen molar-refractivity contribution >= 4 is 41.5 Å². The monoisotopic (exact) mass is 338 g/mol. The van der Waals surface area contributed by atoms with Gasteiger partial charge in [-0.1, -0.05) is 29.3 Å². The Balaban J connectivity index is 0.00000200. The van der Waals surface area contributed by atoms with Crippen molar-refractivity contribution in [1.29, 1.82) is 0 Å². The van der Waals surface area contributed by atoms with E-state index in [0.717, 1.165) is 5.56 Å². The maximum absolute atomic E-state index is 12.0. The Hall–Kier alpha value is -0.520. The average Bonchev–Trinajstić information content (AvgIpc) is 2.86. The van der Waals surface area contributed by atoms with Crippen molar-refractivity contribution in [2.75, 3.05) is 13.7 Å². The van der Waals surface area contributed by atoms with E-state index in [1.165, 1.54) is 0 Å². The van der Waals surface area contributed by atoms with E-state index in [1.807, 2.05) is 6.07 Å². The lowest BCUT2D eigenvalue weighted by atomic mass is 10.1. The normalized spacial score (nSPS) is 21.4. The first-order valence-electron chi connectivity index (χ1n) is 6.08. The molecule has 4 nitrogen and oxygen atoms in total. The summed E-state index contributed by atoms with van der Waals surface area (Å²) in [5.74, 6) is -0.0365.